The van der Waals surface area contributed by atoms with E-state index in [-0.39, 0.29) is 11.7 Å². The zero-order valence-corrected chi connectivity index (χ0v) is 14.3. The van der Waals surface area contributed by atoms with Gasteiger partial charge in [-0.2, -0.15) is 0 Å². The van der Waals surface area contributed by atoms with E-state index < -0.39 is 0 Å². The van der Waals surface area contributed by atoms with Crippen molar-refractivity contribution in [1.29, 1.82) is 0 Å². The van der Waals surface area contributed by atoms with E-state index in [9.17, 15) is 9.18 Å². The Balaban J connectivity index is 1.57. The summed E-state index contributed by atoms with van der Waals surface area (Å²) in [6.07, 6.45) is 6.72. The zero-order valence-electron chi connectivity index (χ0n) is 11.8. The summed E-state index contributed by atoms with van der Waals surface area (Å²) in [5.41, 5.74) is 3.27. The summed E-state index contributed by atoms with van der Waals surface area (Å²) < 4.78 is 12.7. The number of carbonyl (C=O) groups is 1. The molecule has 2 rings (SSSR count). The van der Waals surface area contributed by atoms with E-state index in [1.54, 1.807) is 12.1 Å². The third-order valence-corrected chi connectivity index (χ3v) is 8.60. The van der Waals surface area contributed by atoms with Gasteiger partial charge in [0.05, 0.1) is 0 Å². The number of hydrazone groups is 1. The Bertz CT molecular complexity index is 475. The van der Waals surface area contributed by atoms with E-state index in [0.29, 0.717) is 6.42 Å². The Morgan fingerprint density at radius 2 is 2.24 bits per heavy atom. The van der Waals surface area contributed by atoms with Crippen molar-refractivity contribution in [3.8, 4) is 0 Å². The number of benzene rings is 1. The van der Waals surface area contributed by atoms with Crippen LogP contribution in [0.15, 0.2) is 29.4 Å². The SMILES string of the molecule is O=C(CCCCC1CCS[Se]1)N/N=C/c1ccc(F)cc1. The van der Waals surface area contributed by atoms with Crippen LogP contribution in [0, 0.1) is 5.82 Å². The van der Waals surface area contributed by atoms with Crippen LogP contribution in [0.1, 0.15) is 37.7 Å². The molecular weight excluding hydrogens is 354 g/mol. The quantitative estimate of drug-likeness (QED) is 0.345. The van der Waals surface area contributed by atoms with Crippen LogP contribution in [0.5, 0.6) is 0 Å². The monoisotopic (exact) mass is 374 g/mol. The van der Waals surface area contributed by atoms with Gasteiger partial charge in [0.2, 0.25) is 0 Å². The van der Waals surface area contributed by atoms with E-state index in [0.717, 1.165) is 37.1 Å². The number of amides is 1. The van der Waals surface area contributed by atoms with Crippen LogP contribution in [-0.2, 0) is 4.79 Å². The molecule has 0 aliphatic carbocycles. The van der Waals surface area contributed by atoms with Crippen LogP contribution in [0.2, 0.25) is 4.82 Å². The van der Waals surface area contributed by atoms with Gasteiger partial charge in [-0.05, 0) is 0 Å². The number of nitrogens with zero attached hydrogens (tertiary/aromatic N) is 1. The Labute approximate surface area is 134 Å². The predicted molar refractivity (Wildman–Crippen MR) is 87.2 cm³/mol. The van der Waals surface area contributed by atoms with Gasteiger partial charge in [0, 0.05) is 0 Å². The summed E-state index contributed by atoms with van der Waals surface area (Å²) in [6.45, 7) is 0. The number of unbranched alkanes of at least 4 members (excludes halogenated alkanes) is 1. The molecule has 3 nitrogen and oxygen atoms in total. The number of hydrogen-bond acceptors (Lipinski definition) is 3. The Morgan fingerprint density at radius 3 is 2.95 bits per heavy atom. The molecule has 0 bridgehead atoms. The summed E-state index contributed by atoms with van der Waals surface area (Å²) in [7, 11) is 2.10. The summed E-state index contributed by atoms with van der Waals surface area (Å²) in [6, 6.07) is 5.97. The summed E-state index contributed by atoms with van der Waals surface area (Å²) in [4.78, 5) is 12.5. The second-order valence-electron chi connectivity index (χ2n) is 4.92. The van der Waals surface area contributed by atoms with Gasteiger partial charge in [0.25, 0.3) is 0 Å². The molecule has 1 aliphatic heterocycles. The van der Waals surface area contributed by atoms with Crippen LogP contribution in [0.3, 0.4) is 0 Å². The first-order chi connectivity index (χ1) is 10.2. The van der Waals surface area contributed by atoms with Crippen molar-refractivity contribution in [3.63, 3.8) is 0 Å². The zero-order chi connectivity index (χ0) is 14.9. The van der Waals surface area contributed by atoms with Gasteiger partial charge in [0.1, 0.15) is 5.82 Å². The molecular formula is C15H19FN2OSSe. The summed E-state index contributed by atoms with van der Waals surface area (Å²) in [5.74, 6) is 0.987. The Morgan fingerprint density at radius 1 is 1.43 bits per heavy atom. The van der Waals surface area contributed by atoms with Crippen molar-refractivity contribution in [2.24, 2.45) is 5.10 Å². The maximum absolute atomic E-state index is 12.7. The first kappa shape index (κ1) is 16.5. The van der Waals surface area contributed by atoms with Crippen molar-refractivity contribution < 1.29 is 9.18 Å². The number of halogens is 1. The molecule has 1 aromatic carbocycles. The van der Waals surface area contributed by atoms with E-state index in [1.165, 1.54) is 36.9 Å². The molecule has 6 heteroatoms. The Kier molecular flexibility index (Phi) is 7.27. The number of rotatable bonds is 7. The maximum atomic E-state index is 12.7. The van der Waals surface area contributed by atoms with E-state index in [2.05, 4.69) is 20.7 Å². The number of nitrogens with one attached hydrogen (secondary N) is 1. The molecule has 0 spiro atoms. The molecule has 1 atom stereocenters. The predicted octanol–water partition coefficient (Wildman–Crippen LogP) is 3.38. The fraction of sp³-hybridized carbons (Fsp3) is 0.467. The van der Waals surface area contributed by atoms with Crippen LogP contribution in [0.4, 0.5) is 4.39 Å². The number of hydrogen-bond donors (Lipinski definition) is 1. The fourth-order valence-electron chi connectivity index (χ4n) is 2.01. The first-order valence-corrected chi connectivity index (χ1v) is 11.1. The van der Waals surface area contributed by atoms with Gasteiger partial charge < -0.3 is 0 Å². The molecule has 1 N–H and O–H groups in total. The van der Waals surface area contributed by atoms with Gasteiger partial charge >= 0.3 is 124 Å². The van der Waals surface area contributed by atoms with Crippen molar-refractivity contribution in [3.05, 3.63) is 35.6 Å². The molecule has 0 radical (unpaired) electrons. The molecule has 1 amide bonds. The topological polar surface area (TPSA) is 41.5 Å². The molecule has 1 aromatic rings. The van der Waals surface area contributed by atoms with Crippen LogP contribution in [0.25, 0.3) is 0 Å². The minimum absolute atomic E-state index is 0.0559. The molecule has 21 heavy (non-hydrogen) atoms. The summed E-state index contributed by atoms with van der Waals surface area (Å²) >= 11 is 0.766. The molecule has 114 valence electrons. The first-order valence-electron chi connectivity index (χ1n) is 7.10. The van der Waals surface area contributed by atoms with E-state index >= 15 is 0 Å². The molecule has 1 fully saturated rings. The second-order valence-corrected chi connectivity index (χ2v) is 9.85. The minimum atomic E-state index is -0.279. The van der Waals surface area contributed by atoms with Gasteiger partial charge in [-0.3, -0.25) is 0 Å². The molecule has 1 unspecified atom stereocenters. The van der Waals surface area contributed by atoms with Crippen molar-refractivity contribution in [1.82, 2.24) is 5.43 Å². The van der Waals surface area contributed by atoms with E-state index in [4.69, 9.17) is 0 Å². The third-order valence-electron chi connectivity index (χ3n) is 3.18. The van der Waals surface area contributed by atoms with Gasteiger partial charge in [-0.1, -0.05) is 0 Å². The molecule has 0 saturated carbocycles. The fourth-order valence-corrected chi connectivity index (χ4v) is 7.44. The molecule has 1 aliphatic rings. The van der Waals surface area contributed by atoms with E-state index in [1.807, 2.05) is 0 Å². The molecule has 0 aromatic heterocycles. The molecule has 1 heterocycles. The average Bonchev–Trinajstić information content (AvgIpc) is 2.99. The van der Waals surface area contributed by atoms with Crippen molar-refractivity contribution in [2.75, 3.05) is 5.75 Å². The normalized spacial score (nSPS) is 18.2. The standard InChI is InChI=1S/C15H19FN2OSSe/c16-13-7-5-12(6-8-13)11-17-18-15(19)4-2-1-3-14-9-10-20-21-14/h5-8,11,14H,1-4,9-10H2,(H,18,19)/b17-11+. The van der Waals surface area contributed by atoms with Crippen LogP contribution >= 0.6 is 10.2 Å². The Hall–Kier alpha value is -0.841. The van der Waals surface area contributed by atoms with Gasteiger partial charge in [-0.25, -0.2) is 4.39 Å². The van der Waals surface area contributed by atoms with Crippen LogP contribution in [-0.4, -0.2) is 31.7 Å². The van der Waals surface area contributed by atoms with Crippen LogP contribution < -0.4 is 5.43 Å². The summed E-state index contributed by atoms with van der Waals surface area (Å²) in [5, 5.41) is 3.88. The third kappa shape index (κ3) is 6.63. The van der Waals surface area contributed by atoms with Crippen molar-refractivity contribution in [2.45, 2.75) is 36.9 Å². The van der Waals surface area contributed by atoms with Gasteiger partial charge in [0.15, 0.2) is 0 Å². The second kappa shape index (κ2) is 9.23. The number of carbonyl (C=O) groups excluding carboxylic acids is 1. The van der Waals surface area contributed by atoms with Gasteiger partial charge in [-0.15, -0.1) is 0 Å². The average molecular weight is 373 g/mol. The van der Waals surface area contributed by atoms with Crippen molar-refractivity contribution >= 4 is 36.1 Å². The molecule has 1 saturated heterocycles.